The summed E-state index contributed by atoms with van der Waals surface area (Å²) in [5.41, 5.74) is 2.94. The zero-order valence-corrected chi connectivity index (χ0v) is 16.3. The molecule has 29 heavy (non-hydrogen) atoms. The summed E-state index contributed by atoms with van der Waals surface area (Å²) in [5, 5.41) is 0. The van der Waals surface area contributed by atoms with Gasteiger partial charge in [-0.1, -0.05) is 0 Å². The zero-order valence-electron chi connectivity index (χ0n) is 16.3. The van der Waals surface area contributed by atoms with Crippen LogP contribution in [0.15, 0.2) is 48.8 Å². The highest BCUT2D eigenvalue weighted by atomic mass is 16.5. The highest BCUT2D eigenvalue weighted by Gasteiger charge is 2.29. The van der Waals surface area contributed by atoms with Crippen molar-refractivity contribution in [3.8, 4) is 11.5 Å². The summed E-state index contributed by atoms with van der Waals surface area (Å²) in [6.07, 6.45) is 6.04. The third-order valence-electron chi connectivity index (χ3n) is 5.48. The minimum atomic E-state index is -0.215. The molecule has 2 fully saturated rings. The second kappa shape index (κ2) is 7.40. The molecule has 1 saturated heterocycles. The first-order valence-corrected chi connectivity index (χ1v) is 9.87. The topological polar surface area (TPSA) is 65.3 Å². The number of rotatable bonds is 6. The Labute approximate surface area is 168 Å². The van der Waals surface area contributed by atoms with E-state index in [0.29, 0.717) is 19.1 Å². The standard InChI is InChI=1S/C22H23N3O4/c1-27-17-6-4-16(5-7-17)25-12-18(28-14-21(25)26)13-29-20-9-8-19(15-2-3-15)24-11-10-23-22(20)24/h4-11,15,18H,2-3,12-14H2,1H3. The van der Waals surface area contributed by atoms with Crippen molar-refractivity contribution in [2.75, 3.05) is 31.8 Å². The molecule has 1 aliphatic heterocycles. The van der Waals surface area contributed by atoms with E-state index in [0.717, 1.165) is 22.8 Å². The maximum absolute atomic E-state index is 12.3. The molecule has 2 aliphatic rings. The van der Waals surface area contributed by atoms with Gasteiger partial charge in [-0.05, 0) is 55.2 Å². The number of carbonyl (C=O) groups is 1. The molecule has 1 aromatic carbocycles. The lowest BCUT2D eigenvalue weighted by Gasteiger charge is -2.32. The van der Waals surface area contributed by atoms with E-state index in [-0.39, 0.29) is 18.6 Å². The fourth-order valence-corrected chi connectivity index (χ4v) is 3.75. The average Bonchev–Trinajstić information content (AvgIpc) is 3.48. The van der Waals surface area contributed by atoms with E-state index >= 15 is 0 Å². The van der Waals surface area contributed by atoms with Crippen LogP contribution in [-0.4, -0.2) is 48.3 Å². The van der Waals surface area contributed by atoms with Crippen LogP contribution in [0.25, 0.3) is 5.65 Å². The van der Waals surface area contributed by atoms with Crippen LogP contribution >= 0.6 is 0 Å². The summed E-state index contributed by atoms with van der Waals surface area (Å²) < 4.78 is 19.1. The largest absolute Gasteiger partial charge is 0.497 e. The molecule has 150 valence electrons. The molecule has 1 amide bonds. The second-order valence-electron chi connectivity index (χ2n) is 7.46. The highest BCUT2D eigenvalue weighted by Crippen LogP contribution is 2.41. The summed E-state index contributed by atoms with van der Waals surface area (Å²) >= 11 is 0. The number of hydrogen-bond acceptors (Lipinski definition) is 5. The predicted octanol–water partition coefficient (Wildman–Crippen LogP) is 3.03. The Bertz CT molecular complexity index is 1030. The molecule has 5 rings (SSSR count). The molecule has 7 nitrogen and oxygen atoms in total. The molecule has 0 spiro atoms. The van der Waals surface area contributed by atoms with Gasteiger partial charge in [0.25, 0.3) is 5.91 Å². The van der Waals surface area contributed by atoms with Crippen LogP contribution in [0.5, 0.6) is 11.5 Å². The Morgan fingerprint density at radius 1 is 1.17 bits per heavy atom. The lowest BCUT2D eigenvalue weighted by atomic mass is 10.2. The Hall–Kier alpha value is -3.06. The smallest absolute Gasteiger partial charge is 0.253 e. The first kappa shape index (κ1) is 18.0. The van der Waals surface area contributed by atoms with Crippen molar-refractivity contribution >= 4 is 17.2 Å². The van der Waals surface area contributed by atoms with Crippen LogP contribution in [0.2, 0.25) is 0 Å². The summed E-state index contributed by atoms with van der Waals surface area (Å²) in [5.74, 6) is 2.06. The van der Waals surface area contributed by atoms with Gasteiger partial charge in [0.2, 0.25) is 0 Å². The van der Waals surface area contributed by atoms with E-state index in [1.807, 2.05) is 36.5 Å². The molecule has 1 unspecified atom stereocenters. The van der Waals surface area contributed by atoms with Crippen molar-refractivity contribution in [3.05, 3.63) is 54.5 Å². The van der Waals surface area contributed by atoms with Gasteiger partial charge in [0.15, 0.2) is 11.4 Å². The number of aromatic nitrogens is 2. The van der Waals surface area contributed by atoms with Crippen molar-refractivity contribution in [1.82, 2.24) is 9.38 Å². The molecule has 0 radical (unpaired) electrons. The Morgan fingerprint density at radius 3 is 2.76 bits per heavy atom. The molecular weight excluding hydrogens is 370 g/mol. The van der Waals surface area contributed by atoms with Crippen LogP contribution in [0.3, 0.4) is 0 Å². The number of pyridine rings is 1. The minimum absolute atomic E-state index is 0.0411. The van der Waals surface area contributed by atoms with Gasteiger partial charge in [-0.2, -0.15) is 0 Å². The number of ether oxygens (including phenoxy) is 3. The zero-order chi connectivity index (χ0) is 19.8. The molecule has 2 aromatic heterocycles. The summed E-state index contributed by atoms with van der Waals surface area (Å²) in [6, 6.07) is 11.6. The van der Waals surface area contributed by atoms with Gasteiger partial charge in [-0.15, -0.1) is 0 Å². The average molecular weight is 393 g/mol. The molecule has 7 heteroatoms. The number of methoxy groups -OCH3 is 1. The Balaban J connectivity index is 1.28. The van der Waals surface area contributed by atoms with E-state index in [9.17, 15) is 4.79 Å². The van der Waals surface area contributed by atoms with Gasteiger partial charge in [0, 0.05) is 23.8 Å². The maximum Gasteiger partial charge on any atom is 0.253 e. The molecule has 0 bridgehead atoms. The minimum Gasteiger partial charge on any atom is -0.497 e. The van der Waals surface area contributed by atoms with Crippen LogP contribution in [0.1, 0.15) is 24.5 Å². The lowest BCUT2D eigenvalue weighted by molar-refractivity contribution is -0.130. The van der Waals surface area contributed by atoms with Crippen LogP contribution in [0.4, 0.5) is 5.69 Å². The van der Waals surface area contributed by atoms with Crippen molar-refractivity contribution in [3.63, 3.8) is 0 Å². The Kier molecular flexibility index (Phi) is 4.60. The van der Waals surface area contributed by atoms with E-state index in [4.69, 9.17) is 14.2 Å². The number of carbonyl (C=O) groups excluding carboxylic acids is 1. The van der Waals surface area contributed by atoms with Gasteiger partial charge in [-0.3, -0.25) is 4.79 Å². The molecule has 1 aliphatic carbocycles. The van der Waals surface area contributed by atoms with Crippen molar-refractivity contribution in [2.24, 2.45) is 0 Å². The van der Waals surface area contributed by atoms with Crippen LogP contribution in [0, 0.1) is 0 Å². The number of amides is 1. The fraction of sp³-hybridized carbons (Fsp3) is 0.364. The molecular formula is C22H23N3O4. The third-order valence-corrected chi connectivity index (χ3v) is 5.48. The summed E-state index contributed by atoms with van der Waals surface area (Å²) in [6.45, 7) is 0.834. The van der Waals surface area contributed by atoms with E-state index in [1.165, 1.54) is 18.5 Å². The number of fused-ring (bicyclic) bond motifs is 1. The fourth-order valence-electron chi connectivity index (χ4n) is 3.75. The quantitative estimate of drug-likeness (QED) is 0.644. The number of anilines is 1. The lowest BCUT2D eigenvalue weighted by Crippen LogP contribution is -2.48. The monoisotopic (exact) mass is 393 g/mol. The van der Waals surface area contributed by atoms with E-state index in [2.05, 4.69) is 15.5 Å². The summed E-state index contributed by atoms with van der Waals surface area (Å²) in [7, 11) is 1.62. The van der Waals surface area contributed by atoms with Crippen LogP contribution < -0.4 is 14.4 Å². The van der Waals surface area contributed by atoms with Crippen LogP contribution in [-0.2, 0) is 9.53 Å². The number of nitrogens with zero attached hydrogens (tertiary/aromatic N) is 3. The molecule has 3 heterocycles. The number of hydrogen-bond donors (Lipinski definition) is 0. The normalized spacial score (nSPS) is 19.6. The SMILES string of the molecule is COc1ccc(N2CC(COc3ccc(C4CC4)n4ccnc34)OCC2=O)cc1. The van der Waals surface area contributed by atoms with Crippen molar-refractivity contribution in [1.29, 1.82) is 0 Å². The van der Waals surface area contributed by atoms with E-state index in [1.54, 1.807) is 18.2 Å². The van der Waals surface area contributed by atoms with Crippen molar-refractivity contribution in [2.45, 2.75) is 24.9 Å². The maximum atomic E-state index is 12.3. The van der Waals surface area contributed by atoms with Gasteiger partial charge in [0.1, 0.15) is 25.1 Å². The Morgan fingerprint density at radius 2 is 2.00 bits per heavy atom. The van der Waals surface area contributed by atoms with E-state index < -0.39 is 0 Å². The van der Waals surface area contributed by atoms with Gasteiger partial charge in [-0.25, -0.2) is 4.98 Å². The number of imidazole rings is 1. The first-order valence-electron chi connectivity index (χ1n) is 9.87. The molecule has 1 saturated carbocycles. The van der Waals surface area contributed by atoms with Crippen molar-refractivity contribution < 1.29 is 19.0 Å². The van der Waals surface area contributed by atoms with Gasteiger partial charge >= 0.3 is 0 Å². The molecule has 3 aromatic rings. The summed E-state index contributed by atoms with van der Waals surface area (Å²) in [4.78, 5) is 18.5. The number of benzene rings is 1. The predicted molar refractivity (Wildman–Crippen MR) is 108 cm³/mol. The van der Waals surface area contributed by atoms with Gasteiger partial charge < -0.3 is 23.5 Å². The highest BCUT2D eigenvalue weighted by molar-refractivity contribution is 5.95. The molecule has 0 N–H and O–H groups in total. The number of morpholine rings is 1. The van der Waals surface area contributed by atoms with Gasteiger partial charge in [0.05, 0.1) is 13.7 Å². The first-order chi connectivity index (χ1) is 14.2. The second-order valence-corrected chi connectivity index (χ2v) is 7.46. The molecule has 1 atom stereocenters. The third kappa shape index (κ3) is 3.53.